The zero-order chi connectivity index (χ0) is 44.2. The van der Waals surface area contributed by atoms with Crippen molar-refractivity contribution in [1.29, 1.82) is 0 Å². The van der Waals surface area contributed by atoms with Crippen LogP contribution in [-0.2, 0) is 32.7 Å². The predicted octanol–water partition coefficient (Wildman–Crippen LogP) is 12.1. The van der Waals surface area contributed by atoms with E-state index in [2.05, 4.69) is 92.1 Å². The van der Waals surface area contributed by atoms with E-state index in [4.69, 9.17) is 13.8 Å². The van der Waals surface area contributed by atoms with Gasteiger partial charge in [-0.05, 0) is 83.5 Å². The van der Waals surface area contributed by atoms with Crippen molar-refractivity contribution in [1.82, 2.24) is 5.32 Å². The third-order valence-corrected chi connectivity index (χ3v) is 10.4. The number of hydrogen-bond donors (Lipinski definition) is 4. The Morgan fingerprint density at radius 1 is 0.550 bits per heavy atom. The number of aliphatic hydroxyl groups excluding tert-OH is 1. The first-order chi connectivity index (χ1) is 29.1. The Kier molecular flexibility index (Phi) is 40.4. The highest BCUT2D eigenvalue weighted by Gasteiger charge is 2.28. The second kappa shape index (κ2) is 42.6. The smallest absolute Gasteiger partial charge is 0.472 e. The van der Waals surface area contributed by atoms with Crippen molar-refractivity contribution in [3.63, 3.8) is 0 Å². The van der Waals surface area contributed by atoms with Crippen LogP contribution in [0.15, 0.2) is 72.9 Å². The number of aliphatic hydroxyl groups is 1. The second-order valence-corrected chi connectivity index (χ2v) is 16.7. The van der Waals surface area contributed by atoms with Gasteiger partial charge in [0.05, 0.1) is 13.2 Å². The molecule has 0 aliphatic carbocycles. The van der Waals surface area contributed by atoms with Crippen molar-refractivity contribution < 1.29 is 47.8 Å². The van der Waals surface area contributed by atoms with Gasteiger partial charge in [-0.15, -0.1) is 0 Å². The molecule has 0 aromatic rings. The Hall–Kier alpha value is -3.08. The van der Waals surface area contributed by atoms with Gasteiger partial charge in [-0.1, -0.05) is 157 Å². The summed E-state index contributed by atoms with van der Waals surface area (Å²) >= 11 is 0. The first-order valence-corrected chi connectivity index (χ1v) is 24.5. The van der Waals surface area contributed by atoms with E-state index < -0.39 is 57.6 Å². The Morgan fingerprint density at radius 3 is 1.47 bits per heavy atom. The number of carboxylic acids is 1. The van der Waals surface area contributed by atoms with Gasteiger partial charge in [-0.25, -0.2) is 9.36 Å². The van der Waals surface area contributed by atoms with E-state index in [1.807, 2.05) is 0 Å². The number of carboxylic acid groups (broad SMARTS) is 1. The van der Waals surface area contributed by atoms with Crippen LogP contribution in [0.5, 0.6) is 0 Å². The van der Waals surface area contributed by atoms with Crippen LogP contribution in [0.3, 0.4) is 0 Å². The van der Waals surface area contributed by atoms with Gasteiger partial charge in [0.15, 0.2) is 6.04 Å². The Bertz CT molecular complexity index is 1290. The minimum absolute atomic E-state index is 0.119. The lowest BCUT2D eigenvalue weighted by atomic mass is 10.1. The topological polar surface area (TPSA) is 169 Å². The summed E-state index contributed by atoms with van der Waals surface area (Å²) in [6, 6.07) is -1.56. The molecule has 4 N–H and O–H groups in total. The van der Waals surface area contributed by atoms with Crippen LogP contribution in [0.1, 0.15) is 181 Å². The van der Waals surface area contributed by atoms with Gasteiger partial charge in [0.25, 0.3) is 0 Å². The number of allylic oxidation sites excluding steroid dienone is 12. The number of carbonyl (C=O) groups excluding carboxylic acids is 2. The highest BCUT2D eigenvalue weighted by Crippen LogP contribution is 2.43. The Morgan fingerprint density at radius 2 is 0.967 bits per heavy atom. The number of amides is 1. The molecule has 0 aromatic heterocycles. The van der Waals surface area contributed by atoms with E-state index in [-0.39, 0.29) is 12.8 Å². The van der Waals surface area contributed by atoms with Crippen LogP contribution in [0.4, 0.5) is 0 Å². The summed E-state index contributed by atoms with van der Waals surface area (Å²) < 4.78 is 26.8. The standard InChI is InChI=1S/C48H82NO10P/c1-3-5-7-9-11-13-15-17-19-20-21-22-23-24-26-27-29-31-33-35-37-39-46(51)49-45(48(53)54)43-59-60(55,56)58-42-44(50)41-57-47(52)40-38-36-34-32-30-28-25-18-16-14-12-10-8-6-4-2/h5,7,11,13,17-19,21-22,24-26,44-45,50H,3-4,6,8-10,12,14-16,20,23,27-43H2,1-2H3,(H,49,51)(H,53,54)(H,55,56)/b7-5-,13-11-,19-17-,22-21-,25-18-,26-24-. The fraction of sp³-hybridized carbons (Fsp3) is 0.688. The van der Waals surface area contributed by atoms with E-state index in [0.29, 0.717) is 12.8 Å². The molecular weight excluding hydrogens is 781 g/mol. The SMILES string of the molecule is CC/C=C\C/C=C\C/C=C\C/C=C\C/C=C\CCCCCCCC(=O)NC(COP(=O)(O)OCC(O)COC(=O)CCCCCCC/C=C\CCCCCCCC)C(=O)O. The van der Waals surface area contributed by atoms with Crippen molar-refractivity contribution in [3.8, 4) is 0 Å². The van der Waals surface area contributed by atoms with Crippen LogP contribution in [0.25, 0.3) is 0 Å². The summed E-state index contributed by atoms with van der Waals surface area (Å²) in [5.41, 5.74) is 0. The van der Waals surface area contributed by atoms with Crippen molar-refractivity contribution in [2.45, 2.75) is 193 Å². The van der Waals surface area contributed by atoms with E-state index in [0.717, 1.165) is 103 Å². The first kappa shape index (κ1) is 56.9. The van der Waals surface area contributed by atoms with Crippen molar-refractivity contribution in [2.24, 2.45) is 0 Å². The number of phosphoric ester groups is 1. The third kappa shape index (κ3) is 41.6. The zero-order valence-corrected chi connectivity index (χ0v) is 38.1. The fourth-order valence-electron chi connectivity index (χ4n) is 5.92. The lowest BCUT2D eigenvalue weighted by molar-refractivity contribution is -0.147. The molecule has 0 heterocycles. The summed E-state index contributed by atoms with van der Waals surface area (Å²) in [7, 11) is -4.77. The zero-order valence-electron chi connectivity index (χ0n) is 37.2. The van der Waals surface area contributed by atoms with Crippen LogP contribution in [0.2, 0.25) is 0 Å². The monoisotopic (exact) mass is 864 g/mol. The number of hydrogen-bond acceptors (Lipinski definition) is 8. The molecule has 11 nitrogen and oxygen atoms in total. The van der Waals surface area contributed by atoms with Gasteiger partial charge in [-0.3, -0.25) is 18.6 Å². The summed E-state index contributed by atoms with van der Waals surface area (Å²) in [6.07, 6.45) is 50.6. The maximum Gasteiger partial charge on any atom is 0.472 e. The number of ether oxygens (including phenoxy) is 1. The van der Waals surface area contributed by atoms with E-state index in [9.17, 15) is 34.1 Å². The molecule has 1 amide bonds. The first-order valence-electron chi connectivity index (χ1n) is 23.0. The van der Waals surface area contributed by atoms with Gasteiger partial charge < -0.3 is 25.2 Å². The molecule has 0 spiro atoms. The third-order valence-electron chi connectivity index (χ3n) is 9.48. The van der Waals surface area contributed by atoms with Gasteiger partial charge in [0.2, 0.25) is 5.91 Å². The number of aliphatic carboxylic acids is 1. The summed E-state index contributed by atoms with van der Waals surface area (Å²) in [4.78, 5) is 46.0. The predicted molar refractivity (Wildman–Crippen MR) is 244 cm³/mol. The molecule has 12 heteroatoms. The van der Waals surface area contributed by atoms with Gasteiger partial charge >= 0.3 is 19.8 Å². The van der Waals surface area contributed by atoms with Crippen molar-refractivity contribution >= 4 is 25.7 Å². The van der Waals surface area contributed by atoms with E-state index >= 15 is 0 Å². The summed E-state index contributed by atoms with van der Waals surface area (Å²) in [5.74, 6) is -2.42. The molecule has 0 aromatic carbocycles. The molecule has 0 saturated carbocycles. The maximum atomic E-state index is 12.3. The van der Waals surface area contributed by atoms with Crippen LogP contribution >= 0.6 is 7.82 Å². The van der Waals surface area contributed by atoms with Crippen LogP contribution in [-0.4, -0.2) is 64.9 Å². The number of rotatable bonds is 42. The molecule has 3 unspecified atom stereocenters. The molecule has 0 bridgehead atoms. The molecule has 0 aliphatic heterocycles. The number of esters is 1. The molecule has 344 valence electrons. The number of carbonyl (C=O) groups is 3. The molecule has 0 rings (SSSR count). The number of nitrogens with one attached hydrogen (secondary N) is 1. The fourth-order valence-corrected chi connectivity index (χ4v) is 6.70. The maximum absolute atomic E-state index is 12.3. The number of unbranched alkanes of at least 4 members (excludes halogenated alkanes) is 16. The molecule has 60 heavy (non-hydrogen) atoms. The molecule has 0 radical (unpaired) electrons. The molecule has 3 atom stereocenters. The van der Waals surface area contributed by atoms with E-state index in [1.54, 1.807) is 0 Å². The minimum Gasteiger partial charge on any atom is -0.480 e. The molecule has 0 saturated heterocycles. The highest BCUT2D eigenvalue weighted by atomic mass is 31.2. The minimum atomic E-state index is -4.77. The van der Waals surface area contributed by atoms with Crippen molar-refractivity contribution in [2.75, 3.05) is 19.8 Å². The van der Waals surface area contributed by atoms with Gasteiger partial charge in [0, 0.05) is 12.8 Å². The second-order valence-electron chi connectivity index (χ2n) is 15.2. The Balaban J connectivity index is 3.95. The van der Waals surface area contributed by atoms with Crippen LogP contribution in [0, 0.1) is 0 Å². The van der Waals surface area contributed by atoms with Gasteiger partial charge in [-0.2, -0.15) is 0 Å². The normalized spacial score (nSPS) is 14.3. The average Bonchev–Trinajstić information content (AvgIpc) is 3.22. The van der Waals surface area contributed by atoms with Crippen molar-refractivity contribution in [3.05, 3.63) is 72.9 Å². The molecule has 0 aliphatic rings. The Labute approximate surface area is 363 Å². The largest absolute Gasteiger partial charge is 0.480 e. The summed E-state index contributed by atoms with van der Waals surface area (Å²) in [6.45, 7) is 2.45. The lowest BCUT2D eigenvalue weighted by Crippen LogP contribution is -2.43. The quantitative estimate of drug-likeness (QED) is 0.0201. The van der Waals surface area contributed by atoms with Crippen LogP contribution < -0.4 is 5.32 Å². The highest BCUT2D eigenvalue weighted by molar-refractivity contribution is 7.47. The molecule has 0 fully saturated rings. The lowest BCUT2D eigenvalue weighted by Gasteiger charge is -2.18. The van der Waals surface area contributed by atoms with E-state index in [1.165, 1.54) is 38.5 Å². The average molecular weight is 864 g/mol. The molecular formula is C48H82NO10P. The summed E-state index contributed by atoms with van der Waals surface area (Å²) in [5, 5.41) is 21.8. The number of phosphoric acid groups is 1. The van der Waals surface area contributed by atoms with Gasteiger partial charge in [0.1, 0.15) is 12.7 Å².